The fourth-order valence-electron chi connectivity index (χ4n) is 4.47. The summed E-state index contributed by atoms with van der Waals surface area (Å²) < 4.78 is 0. The summed E-state index contributed by atoms with van der Waals surface area (Å²) in [5.41, 5.74) is 1.24. The molecule has 0 fully saturated rings. The van der Waals surface area contributed by atoms with E-state index in [4.69, 9.17) is 0 Å². The van der Waals surface area contributed by atoms with Gasteiger partial charge in [0.05, 0.1) is 0 Å². The predicted octanol–water partition coefficient (Wildman–Crippen LogP) is 11.0. The number of nitrogens with one attached hydrogen (secondary N) is 1. The molecule has 0 aliphatic rings. The minimum atomic E-state index is 0.509. The molecule has 1 nitrogen and oxygen atoms in total. The Morgan fingerprint density at radius 1 is 0.594 bits per heavy atom. The van der Waals surface area contributed by atoms with Crippen LogP contribution >= 0.6 is 0 Å². The molecule has 1 unspecified atom stereocenters. The average molecular weight is 448 g/mol. The maximum absolute atomic E-state index is 4.24. The predicted molar refractivity (Wildman–Crippen MR) is 148 cm³/mol. The lowest BCUT2D eigenvalue weighted by Crippen LogP contribution is -2.24. The monoisotopic (exact) mass is 447 g/mol. The maximum Gasteiger partial charge on any atom is 0.0264 e. The van der Waals surface area contributed by atoms with Crippen molar-refractivity contribution in [2.75, 3.05) is 0 Å². The lowest BCUT2D eigenvalue weighted by molar-refractivity contribution is 0.548. The van der Waals surface area contributed by atoms with E-state index in [1.54, 1.807) is 0 Å². The van der Waals surface area contributed by atoms with E-state index >= 15 is 0 Å². The molecular weight excluding hydrogens is 386 g/mol. The number of hydrogen-bond donors (Lipinski definition) is 1. The van der Waals surface area contributed by atoms with Crippen molar-refractivity contribution in [1.29, 1.82) is 0 Å². The van der Waals surface area contributed by atoms with Gasteiger partial charge in [-0.1, -0.05) is 148 Å². The van der Waals surface area contributed by atoms with Crippen LogP contribution in [0.3, 0.4) is 0 Å². The third-order valence-corrected chi connectivity index (χ3v) is 6.66. The van der Waals surface area contributed by atoms with Crippen molar-refractivity contribution in [3.8, 4) is 0 Å². The van der Waals surface area contributed by atoms with Crippen LogP contribution in [-0.4, -0.2) is 6.04 Å². The summed E-state index contributed by atoms with van der Waals surface area (Å²) in [5, 5.41) is 3.61. The van der Waals surface area contributed by atoms with E-state index in [1.165, 1.54) is 141 Å². The first kappa shape index (κ1) is 31.3. The third kappa shape index (κ3) is 25.5. The first-order valence-corrected chi connectivity index (χ1v) is 14.8. The Morgan fingerprint density at radius 3 is 1.47 bits per heavy atom. The molecule has 32 heavy (non-hydrogen) atoms. The fourth-order valence-corrected chi connectivity index (χ4v) is 4.47. The van der Waals surface area contributed by atoms with Crippen molar-refractivity contribution >= 4 is 0 Å². The number of hydrogen-bond acceptors (Lipinski definition) is 1. The molecule has 0 bridgehead atoms. The van der Waals surface area contributed by atoms with Gasteiger partial charge in [0, 0.05) is 11.7 Å². The van der Waals surface area contributed by atoms with E-state index in [0.717, 1.165) is 12.8 Å². The van der Waals surface area contributed by atoms with Gasteiger partial charge in [-0.2, -0.15) is 0 Å². The van der Waals surface area contributed by atoms with Gasteiger partial charge in [-0.3, -0.25) is 0 Å². The lowest BCUT2D eigenvalue weighted by Gasteiger charge is -2.15. The summed E-state index contributed by atoms with van der Waals surface area (Å²) in [7, 11) is 0. The molecule has 1 heteroatoms. The third-order valence-electron chi connectivity index (χ3n) is 6.66. The molecule has 190 valence electrons. The maximum atomic E-state index is 4.24. The smallest absolute Gasteiger partial charge is 0.0264 e. The van der Waals surface area contributed by atoms with Crippen molar-refractivity contribution in [2.45, 2.75) is 174 Å². The lowest BCUT2D eigenvalue weighted by atomic mass is 10.0. The van der Waals surface area contributed by atoms with Crippen LogP contribution in [0.2, 0.25) is 0 Å². The van der Waals surface area contributed by atoms with E-state index in [0.29, 0.717) is 6.04 Å². The molecule has 0 aromatic rings. The van der Waals surface area contributed by atoms with Gasteiger partial charge in [0.15, 0.2) is 0 Å². The van der Waals surface area contributed by atoms with Crippen molar-refractivity contribution in [1.82, 2.24) is 5.32 Å². The Morgan fingerprint density at radius 2 is 1.00 bits per heavy atom. The second kappa shape index (κ2) is 26.5. The molecule has 0 spiro atoms. The molecule has 0 aliphatic heterocycles. The van der Waals surface area contributed by atoms with Crippen LogP contribution in [0.5, 0.6) is 0 Å². The summed E-state index contributed by atoms with van der Waals surface area (Å²) in [6.07, 6.45) is 36.5. The zero-order chi connectivity index (χ0) is 23.5. The van der Waals surface area contributed by atoms with Crippen molar-refractivity contribution in [2.24, 2.45) is 0 Å². The molecule has 0 rings (SSSR count). The van der Waals surface area contributed by atoms with Gasteiger partial charge < -0.3 is 5.32 Å². The summed E-state index contributed by atoms with van der Waals surface area (Å²) in [4.78, 5) is 0. The molecule has 0 amide bonds. The molecular formula is C31H61N. The van der Waals surface area contributed by atoms with Crippen LogP contribution in [-0.2, 0) is 0 Å². The number of allylic oxidation sites excluding steroid dienone is 2. The standard InChI is InChI=1S/C31H61N/c1-5-7-9-11-13-15-16-17-18-19-21-23-25-27-29-31(4)32-30(3)28-26-24-22-20-14-12-10-8-6-2/h25,27,31-32H,3,5-24,26,28-29H2,1-2,4H3/b27-25+. The number of rotatable bonds is 26. The zero-order valence-electron chi connectivity index (χ0n) is 22.7. The molecule has 0 aromatic carbocycles. The summed E-state index contributed by atoms with van der Waals surface area (Å²) >= 11 is 0. The minimum absolute atomic E-state index is 0.509. The Hall–Kier alpha value is -0.720. The quantitative estimate of drug-likeness (QED) is 0.103. The fraction of sp³-hybridized carbons (Fsp3) is 0.871. The molecule has 0 radical (unpaired) electrons. The highest BCUT2D eigenvalue weighted by Crippen LogP contribution is 2.13. The molecule has 1 atom stereocenters. The second-order valence-electron chi connectivity index (χ2n) is 10.3. The van der Waals surface area contributed by atoms with Gasteiger partial charge in [0.1, 0.15) is 0 Å². The van der Waals surface area contributed by atoms with Crippen molar-refractivity contribution in [3.05, 3.63) is 24.4 Å². The van der Waals surface area contributed by atoms with Gasteiger partial charge in [-0.25, -0.2) is 0 Å². The number of unbranched alkanes of at least 4 members (excludes halogenated alkanes) is 19. The highest BCUT2D eigenvalue weighted by atomic mass is 14.9. The van der Waals surface area contributed by atoms with Gasteiger partial charge in [-0.05, 0) is 39.0 Å². The highest BCUT2D eigenvalue weighted by molar-refractivity contribution is 4.95. The van der Waals surface area contributed by atoms with Crippen LogP contribution in [0.25, 0.3) is 0 Å². The van der Waals surface area contributed by atoms with Crippen LogP contribution < -0.4 is 5.32 Å². The topological polar surface area (TPSA) is 12.0 Å². The highest BCUT2D eigenvalue weighted by Gasteiger charge is 2.01. The first-order valence-electron chi connectivity index (χ1n) is 14.8. The summed E-state index contributed by atoms with van der Waals surface area (Å²) in [6.45, 7) is 11.1. The molecule has 1 N–H and O–H groups in total. The normalized spacial score (nSPS) is 12.5. The van der Waals surface area contributed by atoms with E-state index in [1.807, 2.05) is 0 Å². The van der Waals surface area contributed by atoms with E-state index < -0.39 is 0 Å². The average Bonchev–Trinajstić information content (AvgIpc) is 2.78. The summed E-state index contributed by atoms with van der Waals surface area (Å²) in [5.74, 6) is 0. The molecule has 0 saturated carbocycles. The minimum Gasteiger partial charge on any atom is -0.386 e. The van der Waals surface area contributed by atoms with Crippen molar-refractivity contribution < 1.29 is 0 Å². The Bertz CT molecular complexity index is 397. The zero-order valence-corrected chi connectivity index (χ0v) is 22.7. The van der Waals surface area contributed by atoms with Crippen LogP contribution in [0.4, 0.5) is 0 Å². The first-order chi connectivity index (χ1) is 15.7. The van der Waals surface area contributed by atoms with Crippen LogP contribution in [0.15, 0.2) is 24.4 Å². The Balaban J connectivity index is 3.37. The van der Waals surface area contributed by atoms with E-state index in [-0.39, 0.29) is 0 Å². The van der Waals surface area contributed by atoms with Crippen molar-refractivity contribution in [3.63, 3.8) is 0 Å². The molecule has 0 aromatic heterocycles. The Kier molecular flexibility index (Phi) is 25.9. The molecule has 0 aliphatic carbocycles. The van der Waals surface area contributed by atoms with E-state index in [2.05, 4.69) is 44.8 Å². The second-order valence-corrected chi connectivity index (χ2v) is 10.3. The van der Waals surface area contributed by atoms with Gasteiger partial charge in [-0.15, -0.1) is 0 Å². The molecule has 0 heterocycles. The van der Waals surface area contributed by atoms with Gasteiger partial charge >= 0.3 is 0 Å². The Labute approximate surface area is 204 Å². The van der Waals surface area contributed by atoms with Gasteiger partial charge in [0.25, 0.3) is 0 Å². The SMILES string of the molecule is C=C(CCCCCCCCCCC)NC(C)C/C=C/CCCCCCCCCCCCC. The molecule has 0 saturated heterocycles. The van der Waals surface area contributed by atoms with Crippen LogP contribution in [0, 0.1) is 0 Å². The van der Waals surface area contributed by atoms with E-state index in [9.17, 15) is 0 Å². The largest absolute Gasteiger partial charge is 0.386 e. The summed E-state index contributed by atoms with van der Waals surface area (Å²) in [6, 6.07) is 0.509. The van der Waals surface area contributed by atoms with Gasteiger partial charge in [0.2, 0.25) is 0 Å². The van der Waals surface area contributed by atoms with Crippen LogP contribution in [0.1, 0.15) is 168 Å².